The Balaban J connectivity index is 1.35. The van der Waals surface area contributed by atoms with E-state index in [2.05, 4.69) is 10.3 Å². The lowest BCUT2D eigenvalue weighted by Crippen LogP contribution is -2.00. The number of carbonyl (C=O) groups is 1. The highest BCUT2D eigenvalue weighted by Crippen LogP contribution is 2.41. The zero-order valence-electron chi connectivity index (χ0n) is 19.1. The number of ketones is 1. The fourth-order valence-electron chi connectivity index (χ4n) is 4.19. The van der Waals surface area contributed by atoms with Crippen LogP contribution in [-0.4, -0.2) is 25.9 Å². The van der Waals surface area contributed by atoms with E-state index in [1.165, 1.54) is 35.6 Å². The molecule has 5 nitrogen and oxygen atoms in total. The Morgan fingerprint density at radius 1 is 0.811 bits per heavy atom. The summed E-state index contributed by atoms with van der Waals surface area (Å²) < 4.78 is 29.1. The summed E-state index contributed by atoms with van der Waals surface area (Å²) in [5.41, 5.74) is 3.95. The maximum absolute atomic E-state index is 13.6. The third-order valence-corrected chi connectivity index (χ3v) is 7.19. The van der Waals surface area contributed by atoms with Gasteiger partial charge < -0.3 is 5.11 Å². The highest BCUT2D eigenvalue weighted by atomic mass is 32.1. The van der Waals surface area contributed by atoms with E-state index >= 15 is 0 Å². The van der Waals surface area contributed by atoms with E-state index in [0.717, 1.165) is 21.2 Å². The first-order valence-corrected chi connectivity index (χ1v) is 12.1. The molecule has 0 atom stereocenters. The van der Waals surface area contributed by atoms with Crippen LogP contribution in [0.25, 0.3) is 38.2 Å². The molecule has 0 aliphatic heterocycles. The molecule has 8 heteroatoms. The van der Waals surface area contributed by atoms with Crippen molar-refractivity contribution in [1.29, 1.82) is 0 Å². The second-order valence-corrected chi connectivity index (χ2v) is 9.48. The number of aromatic hydroxyl groups is 1. The van der Waals surface area contributed by atoms with Gasteiger partial charge in [0.2, 0.25) is 5.78 Å². The van der Waals surface area contributed by atoms with Gasteiger partial charge in [-0.15, -0.1) is 16.4 Å². The largest absolute Gasteiger partial charge is 0.508 e. The Morgan fingerprint density at radius 2 is 1.46 bits per heavy atom. The van der Waals surface area contributed by atoms with Gasteiger partial charge in [-0.25, -0.2) is 13.5 Å². The van der Waals surface area contributed by atoms with E-state index in [9.17, 15) is 18.7 Å². The Labute approximate surface area is 213 Å². The highest BCUT2D eigenvalue weighted by Gasteiger charge is 2.22. The summed E-state index contributed by atoms with van der Waals surface area (Å²) in [5.74, 6) is -0.763. The number of halogens is 2. The minimum absolute atomic E-state index is 0.108. The van der Waals surface area contributed by atoms with Crippen LogP contribution in [0, 0.1) is 11.6 Å². The van der Waals surface area contributed by atoms with Crippen LogP contribution in [0.3, 0.4) is 0 Å². The van der Waals surface area contributed by atoms with Crippen molar-refractivity contribution in [2.45, 2.75) is 0 Å². The lowest BCUT2D eigenvalue weighted by molar-refractivity contribution is 0.104. The number of rotatable bonds is 5. The molecule has 0 radical (unpaired) electrons. The molecule has 180 valence electrons. The van der Waals surface area contributed by atoms with Crippen LogP contribution in [0.15, 0.2) is 97.2 Å². The predicted octanol–water partition coefficient (Wildman–Crippen LogP) is 7.03. The fourth-order valence-corrected chi connectivity index (χ4v) is 5.41. The maximum atomic E-state index is 13.6. The number of carbonyl (C=O) groups excluding carboxylic acids is 1. The van der Waals surface area contributed by atoms with Crippen LogP contribution in [0.5, 0.6) is 5.75 Å². The lowest BCUT2D eigenvalue weighted by atomic mass is 9.97. The van der Waals surface area contributed by atoms with Crippen LogP contribution in [-0.2, 0) is 0 Å². The van der Waals surface area contributed by atoms with Gasteiger partial charge in [-0.2, -0.15) is 0 Å². The molecular formula is C29H17F2N3O2S. The summed E-state index contributed by atoms with van der Waals surface area (Å²) >= 11 is 1.29. The van der Waals surface area contributed by atoms with Crippen molar-refractivity contribution in [3.8, 4) is 33.8 Å². The summed E-state index contributed by atoms with van der Waals surface area (Å²) in [6.45, 7) is 0. The topological polar surface area (TPSA) is 68.0 Å². The molecule has 0 fully saturated rings. The van der Waals surface area contributed by atoms with Crippen LogP contribution < -0.4 is 0 Å². The predicted molar refractivity (Wildman–Crippen MR) is 139 cm³/mol. The fraction of sp³-hybridized carbons (Fsp3) is 0. The van der Waals surface area contributed by atoms with Crippen LogP contribution in [0.2, 0.25) is 0 Å². The van der Waals surface area contributed by atoms with Gasteiger partial charge in [0, 0.05) is 26.8 Å². The Bertz CT molecular complexity index is 1760. The average molecular weight is 510 g/mol. The molecule has 37 heavy (non-hydrogen) atoms. The molecule has 0 bridgehead atoms. The number of fused-ring (bicyclic) bond motifs is 1. The van der Waals surface area contributed by atoms with E-state index < -0.39 is 0 Å². The molecule has 0 aliphatic rings. The van der Waals surface area contributed by atoms with Gasteiger partial charge in [-0.3, -0.25) is 4.79 Å². The number of benzene rings is 4. The van der Waals surface area contributed by atoms with Crippen molar-refractivity contribution in [2.24, 2.45) is 0 Å². The summed E-state index contributed by atoms with van der Waals surface area (Å²) in [5, 5.41) is 19.1. The SMILES string of the molecule is O=C(c1ccc(-c2cn(-c3ccc(F)cc3)nn2)cc1)c1sc2cc(O)ccc2c1-c1ccc(F)cc1. The zero-order chi connectivity index (χ0) is 25.5. The number of hydrogen-bond donors (Lipinski definition) is 1. The summed E-state index contributed by atoms with van der Waals surface area (Å²) in [7, 11) is 0. The summed E-state index contributed by atoms with van der Waals surface area (Å²) in [6.07, 6.45) is 1.73. The summed E-state index contributed by atoms with van der Waals surface area (Å²) in [4.78, 5) is 14.1. The van der Waals surface area contributed by atoms with Crippen molar-refractivity contribution >= 4 is 27.2 Å². The molecule has 0 spiro atoms. The van der Waals surface area contributed by atoms with E-state index in [1.54, 1.807) is 77.6 Å². The van der Waals surface area contributed by atoms with Crippen molar-refractivity contribution in [2.75, 3.05) is 0 Å². The average Bonchev–Trinajstić information content (AvgIpc) is 3.55. The minimum Gasteiger partial charge on any atom is -0.508 e. The molecule has 0 aliphatic carbocycles. The number of phenolic OH excluding ortho intramolecular Hbond substituents is 1. The van der Waals surface area contributed by atoms with Crippen LogP contribution in [0.1, 0.15) is 15.2 Å². The van der Waals surface area contributed by atoms with E-state index in [1.807, 2.05) is 0 Å². The van der Waals surface area contributed by atoms with Gasteiger partial charge in [0.1, 0.15) is 23.1 Å². The Hall–Kier alpha value is -4.69. The normalized spacial score (nSPS) is 11.2. The Kier molecular flexibility index (Phi) is 5.58. The molecular weight excluding hydrogens is 492 g/mol. The standard InChI is InChI=1S/C29H17F2N3O2S/c30-20-7-5-18(6-8-20)27-24-14-13-23(35)15-26(24)37-29(27)28(36)19-3-1-17(2-4-19)25-16-34(33-32-25)22-11-9-21(31)10-12-22/h1-16,35H. The van der Waals surface area contributed by atoms with Gasteiger partial charge in [-0.1, -0.05) is 41.6 Å². The number of nitrogens with zero attached hydrogens (tertiary/aromatic N) is 3. The quantitative estimate of drug-likeness (QED) is 0.253. The zero-order valence-corrected chi connectivity index (χ0v) is 19.9. The molecule has 4 aromatic carbocycles. The van der Waals surface area contributed by atoms with Gasteiger partial charge in [0.05, 0.1) is 16.8 Å². The minimum atomic E-state index is -0.360. The molecule has 6 aromatic rings. The number of hydrogen-bond acceptors (Lipinski definition) is 5. The summed E-state index contributed by atoms with van der Waals surface area (Å²) in [6, 6.07) is 24.0. The van der Waals surface area contributed by atoms with Gasteiger partial charge >= 0.3 is 0 Å². The Morgan fingerprint density at radius 3 is 2.16 bits per heavy atom. The van der Waals surface area contributed by atoms with Crippen molar-refractivity contribution in [1.82, 2.24) is 15.0 Å². The molecule has 0 saturated heterocycles. The van der Waals surface area contributed by atoms with E-state index in [0.29, 0.717) is 27.4 Å². The first-order chi connectivity index (χ1) is 18.0. The highest BCUT2D eigenvalue weighted by molar-refractivity contribution is 7.21. The van der Waals surface area contributed by atoms with Gasteiger partial charge in [0.15, 0.2) is 0 Å². The van der Waals surface area contributed by atoms with E-state index in [4.69, 9.17) is 0 Å². The third kappa shape index (κ3) is 4.28. The molecule has 0 amide bonds. The van der Waals surface area contributed by atoms with Crippen LogP contribution >= 0.6 is 11.3 Å². The molecule has 6 rings (SSSR count). The third-order valence-electron chi connectivity index (χ3n) is 6.04. The lowest BCUT2D eigenvalue weighted by Gasteiger charge is -2.06. The first kappa shape index (κ1) is 22.8. The van der Waals surface area contributed by atoms with E-state index in [-0.39, 0.29) is 23.2 Å². The monoisotopic (exact) mass is 509 g/mol. The molecule has 1 N–H and O–H groups in total. The van der Waals surface area contributed by atoms with Gasteiger partial charge in [0.25, 0.3) is 0 Å². The number of phenols is 1. The molecule has 0 saturated carbocycles. The number of thiophene rings is 1. The smallest absolute Gasteiger partial charge is 0.203 e. The maximum Gasteiger partial charge on any atom is 0.203 e. The molecule has 2 aromatic heterocycles. The number of aromatic nitrogens is 3. The van der Waals surface area contributed by atoms with Gasteiger partial charge in [-0.05, 0) is 60.2 Å². The first-order valence-electron chi connectivity index (χ1n) is 11.3. The molecule has 2 heterocycles. The van der Waals surface area contributed by atoms with Crippen molar-refractivity contribution < 1.29 is 18.7 Å². The van der Waals surface area contributed by atoms with Crippen molar-refractivity contribution in [3.05, 3.63) is 119 Å². The van der Waals surface area contributed by atoms with Crippen LogP contribution in [0.4, 0.5) is 8.78 Å². The second-order valence-electron chi connectivity index (χ2n) is 8.42. The molecule has 0 unspecified atom stereocenters. The van der Waals surface area contributed by atoms with Crippen molar-refractivity contribution in [3.63, 3.8) is 0 Å². The second kappa shape index (κ2) is 9.07.